The van der Waals surface area contributed by atoms with Crippen LogP contribution in [0.15, 0.2) is 24.3 Å². The molecule has 0 spiro atoms. The number of rotatable bonds is 4. The van der Waals surface area contributed by atoms with E-state index in [1.165, 1.54) is 0 Å². The third kappa shape index (κ3) is 5.70. The van der Waals surface area contributed by atoms with E-state index in [-0.39, 0.29) is 12.1 Å². The molecule has 10 rings (SSSR count). The SMILES string of the molecule is O=[N+]([O-])c1cc(C(c2cc([N+](=O)[O-])c(O)cc2C#CC23CC4CC(CC(C4)C2)C3)(C(F)(F)F)C(F)(F)F)c(C#CC23CC4CC(CC(C4)C2)C3)cc1O. The van der Waals surface area contributed by atoms with Crippen LogP contribution in [-0.2, 0) is 5.41 Å². The molecule has 0 heterocycles. The Morgan fingerprint density at radius 1 is 0.566 bits per heavy atom. The van der Waals surface area contributed by atoms with Crippen LogP contribution in [0.4, 0.5) is 37.7 Å². The maximum atomic E-state index is 15.9. The van der Waals surface area contributed by atoms with Crippen LogP contribution in [0.1, 0.15) is 99.3 Å². The molecule has 2 N–H and O–H groups in total. The van der Waals surface area contributed by atoms with Gasteiger partial charge in [-0.15, -0.1) is 0 Å². The van der Waals surface area contributed by atoms with E-state index in [1.807, 2.05) is 0 Å². The average Bonchev–Trinajstić information content (AvgIpc) is 3.01. The van der Waals surface area contributed by atoms with Crippen molar-refractivity contribution in [2.24, 2.45) is 46.3 Å². The van der Waals surface area contributed by atoms with Crippen molar-refractivity contribution in [1.82, 2.24) is 0 Å². The van der Waals surface area contributed by atoms with Gasteiger partial charge in [0.15, 0.2) is 11.5 Å². The summed E-state index contributed by atoms with van der Waals surface area (Å²) in [5.74, 6) is 10.6. The van der Waals surface area contributed by atoms with Crippen molar-refractivity contribution < 1.29 is 46.4 Å². The van der Waals surface area contributed by atoms with Crippen LogP contribution in [0, 0.1) is 90.2 Å². The van der Waals surface area contributed by atoms with Gasteiger partial charge in [-0.1, -0.05) is 23.7 Å². The molecular formula is C39H36F6N2O6. The fourth-order valence-electron chi connectivity index (χ4n) is 12.1. The molecule has 0 aromatic heterocycles. The molecule has 8 bridgehead atoms. The van der Waals surface area contributed by atoms with E-state index in [0.717, 1.165) is 38.5 Å². The molecule has 0 atom stereocenters. The van der Waals surface area contributed by atoms with Crippen molar-refractivity contribution >= 4 is 11.4 Å². The Bertz CT molecular complexity index is 1830. The Hall–Kier alpha value is -4.46. The number of nitrogens with zero attached hydrogens (tertiary/aromatic N) is 2. The predicted octanol–water partition coefficient (Wildman–Crippen LogP) is 9.46. The standard InChI is InChI=1S/C39H36F6N2O6/c40-38(41,42)37(39(43,44)45,29-13-31(46(50)51)33(48)11-27(29)1-3-35-15-21-5-22(16-35)7-23(6-21)17-35)30-14-32(47(52)53)34(49)12-28(30)2-4-36-18-24-8-25(19-36)10-26(9-24)20-36/h11-14,21-26,48-49H,5-10,15-20H2. The first kappa shape index (κ1) is 35.6. The number of phenolic OH excluding ortho intramolecular Hbond substituents is 2. The minimum absolute atomic E-state index is 0.0228. The first-order valence-electron chi connectivity index (χ1n) is 18.0. The first-order chi connectivity index (χ1) is 24.8. The van der Waals surface area contributed by atoms with Gasteiger partial charge >= 0.3 is 23.7 Å². The van der Waals surface area contributed by atoms with Crippen LogP contribution < -0.4 is 0 Å². The fraction of sp³-hybridized carbons (Fsp3) is 0.590. The molecule has 14 heteroatoms. The summed E-state index contributed by atoms with van der Waals surface area (Å²) in [6.45, 7) is 0. The van der Waals surface area contributed by atoms with Crippen LogP contribution in [0.3, 0.4) is 0 Å². The highest BCUT2D eigenvalue weighted by atomic mass is 19.4. The molecule has 8 aliphatic rings. The van der Waals surface area contributed by atoms with Crippen LogP contribution in [0.5, 0.6) is 11.5 Å². The van der Waals surface area contributed by atoms with E-state index in [0.29, 0.717) is 86.2 Å². The molecule has 0 unspecified atom stereocenters. The Labute approximate surface area is 300 Å². The van der Waals surface area contributed by atoms with Gasteiger partial charge in [-0.25, -0.2) is 0 Å². The average molecular weight is 743 g/mol. The van der Waals surface area contributed by atoms with Gasteiger partial charge in [0, 0.05) is 57.3 Å². The zero-order valence-corrected chi connectivity index (χ0v) is 28.4. The smallest absolute Gasteiger partial charge is 0.411 e. The van der Waals surface area contributed by atoms with Gasteiger partial charge in [-0.3, -0.25) is 20.2 Å². The highest BCUT2D eigenvalue weighted by Crippen LogP contribution is 2.63. The summed E-state index contributed by atoms with van der Waals surface area (Å²) in [5, 5.41) is 45.2. The van der Waals surface area contributed by atoms with E-state index >= 15 is 26.3 Å². The van der Waals surface area contributed by atoms with Gasteiger partial charge in [0.1, 0.15) is 0 Å². The monoisotopic (exact) mass is 742 g/mol. The van der Waals surface area contributed by atoms with Crippen molar-refractivity contribution in [3.05, 3.63) is 66.7 Å². The molecule has 0 amide bonds. The molecule has 0 saturated heterocycles. The number of aromatic hydroxyl groups is 2. The zero-order chi connectivity index (χ0) is 37.9. The van der Waals surface area contributed by atoms with Gasteiger partial charge in [-0.05, 0) is 113 Å². The van der Waals surface area contributed by atoms with Crippen molar-refractivity contribution in [3.63, 3.8) is 0 Å². The lowest BCUT2D eigenvalue weighted by Crippen LogP contribution is -2.55. The third-order valence-corrected chi connectivity index (χ3v) is 13.3. The summed E-state index contributed by atoms with van der Waals surface area (Å²) >= 11 is 0. The van der Waals surface area contributed by atoms with Gasteiger partial charge in [0.25, 0.3) is 0 Å². The number of nitro benzene ring substituents is 2. The number of nitro groups is 2. The maximum Gasteiger partial charge on any atom is 0.411 e. The minimum Gasteiger partial charge on any atom is -0.502 e. The van der Waals surface area contributed by atoms with Gasteiger partial charge in [0.2, 0.25) is 5.41 Å². The topological polar surface area (TPSA) is 127 Å². The second kappa shape index (κ2) is 11.8. The van der Waals surface area contributed by atoms with Crippen molar-refractivity contribution in [1.29, 1.82) is 0 Å². The lowest BCUT2D eigenvalue weighted by molar-refractivity contribution is -0.386. The molecule has 8 aliphatic carbocycles. The highest BCUT2D eigenvalue weighted by Gasteiger charge is 2.74. The van der Waals surface area contributed by atoms with E-state index in [1.54, 1.807) is 0 Å². The summed E-state index contributed by atoms with van der Waals surface area (Å²) in [4.78, 5) is 21.4. The molecule has 280 valence electrons. The predicted molar refractivity (Wildman–Crippen MR) is 177 cm³/mol. The molecule has 0 aliphatic heterocycles. The van der Waals surface area contributed by atoms with Crippen molar-refractivity contribution in [2.75, 3.05) is 0 Å². The molecule has 8 nitrogen and oxygen atoms in total. The molecular weight excluding hydrogens is 706 g/mol. The summed E-state index contributed by atoms with van der Waals surface area (Å²) in [7, 11) is 0. The number of phenols is 2. The molecule has 2 aromatic rings. The molecule has 53 heavy (non-hydrogen) atoms. The van der Waals surface area contributed by atoms with Gasteiger partial charge in [-0.2, -0.15) is 26.3 Å². The normalized spacial score (nSPS) is 32.5. The summed E-state index contributed by atoms with van der Waals surface area (Å²) in [6.07, 6.45) is -3.20. The summed E-state index contributed by atoms with van der Waals surface area (Å²) < 4.78 is 95.4. The lowest BCUT2D eigenvalue weighted by atomic mass is 9.50. The van der Waals surface area contributed by atoms with E-state index < -0.39 is 83.6 Å². The van der Waals surface area contributed by atoms with Crippen LogP contribution >= 0.6 is 0 Å². The van der Waals surface area contributed by atoms with Crippen molar-refractivity contribution in [2.45, 2.75) is 94.8 Å². The quantitative estimate of drug-likeness (QED) is 0.139. The molecule has 2 aromatic carbocycles. The maximum absolute atomic E-state index is 15.9. The number of alkyl halides is 6. The van der Waals surface area contributed by atoms with Crippen LogP contribution in [0.2, 0.25) is 0 Å². The van der Waals surface area contributed by atoms with Crippen LogP contribution in [-0.4, -0.2) is 32.4 Å². The number of hydrogen-bond acceptors (Lipinski definition) is 6. The summed E-state index contributed by atoms with van der Waals surface area (Å²) in [6, 6.07) is 0.940. The third-order valence-electron chi connectivity index (χ3n) is 13.3. The second-order valence-electron chi connectivity index (χ2n) is 16.9. The van der Waals surface area contributed by atoms with Crippen molar-refractivity contribution in [3.8, 4) is 35.2 Å². The van der Waals surface area contributed by atoms with Crippen LogP contribution in [0.25, 0.3) is 0 Å². The van der Waals surface area contributed by atoms with E-state index in [2.05, 4.69) is 23.7 Å². The second-order valence-corrected chi connectivity index (χ2v) is 16.9. The molecule has 8 saturated carbocycles. The number of hydrogen-bond donors (Lipinski definition) is 2. The highest BCUT2D eigenvalue weighted by molar-refractivity contribution is 5.67. The van der Waals surface area contributed by atoms with E-state index in [9.17, 15) is 30.4 Å². The largest absolute Gasteiger partial charge is 0.502 e. The minimum atomic E-state index is -6.35. The molecule has 0 radical (unpaired) electrons. The van der Waals surface area contributed by atoms with Gasteiger partial charge < -0.3 is 10.2 Å². The molecule has 8 fully saturated rings. The first-order valence-corrected chi connectivity index (χ1v) is 18.0. The Kier molecular flexibility index (Phi) is 7.90. The Morgan fingerprint density at radius 2 is 0.849 bits per heavy atom. The Morgan fingerprint density at radius 3 is 1.09 bits per heavy atom. The Balaban J connectivity index is 1.39. The van der Waals surface area contributed by atoms with Gasteiger partial charge in [0.05, 0.1) is 9.85 Å². The number of benzene rings is 2. The van der Waals surface area contributed by atoms with E-state index in [4.69, 9.17) is 0 Å². The summed E-state index contributed by atoms with van der Waals surface area (Å²) in [5.41, 5.74) is -14.7. The lowest BCUT2D eigenvalue weighted by Gasteiger charge is -2.54. The fourth-order valence-corrected chi connectivity index (χ4v) is 12.1. The zero-order valence-electron chi connectivity index (χ0n) is 28.4. The number of halogens is 6.